The molecule has 1 aliphatic rings. The molecule has 1 unspecified atom stereocenters. The molecule has 9 heteroatoms. The van der Waals surface area contributed by atoms with E-state index in [0.717, 1.165) is 12.8 Å². The summed E-state index contributed by atoms with van der Waals surface area (Å²) in [5.74, 6) is -2.20. The Morgan fingerprint density at radius 2 is 2.29 bits per heavy atom. The first-order chi connectivity index (χ1) is 9.88. The summed E-state index contributed by atoms with van der Waals surface area (Å²) in [6.45, 7) is 1.56. The van der Waals surface area contributed by atoms with Gasteiger partial charge in [-0.2, -0.15) is 4.68 Å². The lowest BCUT2D eigenvalue weighted by molar-refractivity contribution is -0.389. The molecule has 2 rings (SSSR count). The van der Waals surface area contributed by atoms with Crippen LogP contribution in [0.4, 0.5) is 5.82 Å². The van der Waals surface area contributed by atoms with Crippen molar-refractivity contribution in [2.75, 3.05) is 6.54 Å². The minimum Gasteiger partial charge on any atom is -0.481 e. The van der Waals surface area contributed by atoms with Gasteiger partial charge in [-0.15, -0.1) is 0 Å². The molecule has 1 amide bonds. The van der Waals surface area contributed by atoms with Gasteiger partial charge < -0.3 is 20.1 Å². The van der Waals surface area contributed by atoms with E-state index < -0.39 is 16.8 Å². The Labute approximate surface area is 120 Å². The largest absolute Gasteiger partial charge is 0.481 e. The van der Waals surface area contributed by atoms with Crippen LogP contribution in [0.5, 0.6) is 0 Å². The maximum Gasteiger partial charge on any atom is 0.389 e. The standard InChI is InChI=1S/C12H16N4O5/c1-8(12(18)19)6-15(9-2-3-9)11(17)7-14-5-4-10(13-14)16(20)21/h4-5,8-9H,2-3,6-7H2,1H3,(H,18,19). The minimum absolute atomic E-state index is 0.0739. The number of carbonyl (C=O) groups excluding carboxylic acids is 1. The van der Waals surface area contributed by atoms with Gasteiger partial charge in [0.1, 0.15) is 6.54 Å². The number of hydrogen-bond acceptors (Lipinski definition) is 5. The molecule has 9 nitrogen and oxygen atoms in total. The van der Waals surface area contributed by atoms with Gasteiger partial charge in [-0.3, -0.25) is 9.59 Å². The molecule has 1 N–H and O–H groups in total. The Balaban J connectivity index is 2.01. The van der Waals surface area contributed by atoms with Crippen molar-refractivity contribution in [2.24, 2.45) is 5.92 Å². The van der Waals surface area contributed by atoms with E-state index in [1.54, 1.807) is 6.92 Å². The summed E-state index contributed by atoms with van der Waals surface area (Å²) in [7, 11) is 0. The van der Waals surface area contributed by atoms with Crippen LogP contribution in [0.3, 0.4) is 0 Å². The van der Waals surface area contributed by atoms with Crippen LogP contribution >= 0.6 is 0 Å². The number of nitro groups is 1. The molecule has 1 fully saturated rings. The van der Waals surface area contributed by atoms with Crippen molar-refractivity contribution in [3.05, 3.63) is 22.4 Å². The second-order valence-corrected chi connectivity index (χ2v) is 5.15. The third-order valence-corrected chi connectivity index (χ3v) is 3.31. The summed E-state index contributed by atoms with van der Waals surface area (Å²) in [4.78, 5) is 34.6. The zero-order valence-electron chi connectivity index (χ0n) is 11.5. The molecule has 0 aliphatic heterocycles. The number of rotatable bonds is 7. The molecule has 0 spiro atoms. The fourth-order valence-electron chi connectivity index (χ4n) is 1.98. The van der Waals surface area contributed by atoms with E-state index >= 15 is 0 Å². The van der Waals surface area contributed by atoms with Crippen LogP contribution in [0.25, 0.3) is 0 Å². The van der Waals surface area contributed by atoms with Gasteiger partial charge in [0.05, 0.1) is 23.3 Å². The molecule has 1 aromatic heterocycles. The highest BCUT2D eigenvalue weighted by molar-refractivity contribution is 5.78. The Hall–Kier alpha value is -2.45. The maximum absolute atomic E-state index is 12.2. The Morgan fingerprint density at radius 3 is 2.76 bits per heavy atom. The summed E-state index contributed by atoms with van der Waals surface area (Å²) in [6.07, 6.45) is 3.08. The summed E-state index contributed by atoms with van der Waals surface area (Å²) in [5, 5.41) is 23.2. The van der Waals surface area contributed by atoms with E-state index in [-0.39, 0.29) is 30.9 Å². The smallest absolute Gasteiger partial charge is 0.389 e. The third-order valence-electron chi connectivity index (χ3n) is 3.31. The molecule has 21 heavy (non-hydrogen) atoms. The van der Waals surface area contributed by atoms with Gasteiger partial charge in [-0.1, -0.05) is 6.92 Å². The zero-order valence-corrected chi connectivity index (χ0v) is 11.5. The second-order valence-electron chi connectivity index (χ2n) is 5.15. The molecule has 0 bridgehead atoms. The van der Waals surface area contributed by atoms with Crippen LogP contribution in [0.1, 0.15) is 19.8 Å². The minimum atomic E-state index is -0.955. The Morgan fingerprint density at radius 1 is 1.62 bits per heavy atom. The lowest BCUT2D eigenvalue weighted by Crippen LogP contribution is -2.40. The normalized spacial score (nSPS) is 15.5. The third kappa shape index (κ3) is 3.77. The van der Waals surface area contributed by atoms with Crippen molar-refractivity contribution in [3.63, 3.8) is 0 Å². The summed E-state index contributed by atoms with van der Waals surface area (Å²) < 4.78 is 1.20. The topological polar surface area (TPSA) is 119 Å². The number of amides is 1. The van der Waals surface area contributed by atoms with Crippen LogP contribution in [-0.2, 0) is 16.1 Å². The molecule has 1 aromatic rings. The number of carbonyl (C=O) groups is 2. The predicted octanol–water partition coefficient (Wildman–Crippen LogP) is 0.503. The number of carboxylic acids is 1. The van der Waals surface area contributed by atoms with Gasteiger partial charge >= 0.3 is 11.8 Å². The average Bonchev–Trinajstić information content (AvgIpc) is 3.14. The first kappa shape index (κ1) is 14.9. The lowest BCUT2D eigenvalue weighted by Gasteiger charge is -2.23. The molecule has 1 heterocycles. The molecule has 1 saturated carbocycles. The number of aliphatic carboxylic acids is 1. The molecular weight excluding hydrogens is 280 g/mol. The number of nitrogens with zero attached hydrogens (tertiary/aromatic N) is 4. The van der Waals surface area contributed by atoms with E-state index in [9.17, 15) is 19.7 Å². The van der Waals surface area contributed by atoms with Crippen LogP contribution in [-0.4, -0.2) is 49.2 Å². The van der Waals surface area contributed by atoms with Gasteiger partial charge in [0.25, 0.3) is 0 Å². The quantitative estimate of drug-likeness (QED) is 0.578. The van der Waals surface area contributed by atoms with Gasteiger partial charge in [-0.05, 0) is 17.8 Å². The van der Waals surface area contributed by atoms with E-state index in [4.69, 9.17) is 5.11 Å². The number of hydrogen-bond donors (Lipinski definition) is 1. The monoisotopic (exact) mass is 296 g/mol. The van der Waals surface area contributed by atoms with Gasteiger partial charge in [0, 0.05) is 12.6 Å². The van der Waals surface area contributed by atoms with Crippen molar-refractivity contribution >= 4 is 17.7 Å². The molecular formula is C12H16N4O5. The van der Waals surface area contributed by atoms with Crippen molar-refractivity contribution in [1.82, 2.24) is 14.7 Å². The summed E-state index contributed by atoms with van der Waals surface area (Å²) >= 11 is 0. The molecule has 114 valence electrons. The van der Waals surface area contributed by atoms with Crippen LogP contribution in [0.2, 0.25) is 0 Å². The van der Waals surface area contributed by atoms with E-state index in [1.165, 1.54) is 21.8 Å². The van der Waals surface area contributed by atoms with E-state index in [0.29, 0.717) is 0 Å². The molecule has 0 radical (unpaired) electrons. The predicted molar refractivity (Wildman–Crippen MR) is 70.4 cm³/mol. The number of carboxylic acid groups (broad SMARTS) is 1. The fourth-order valence-corrected chi connectivity index (χ4v) is 1.98. The Kier molecular flexibility index (Phi) is 4.20. The molecule has 0 saturated heterocycles. The van der Waals surface area contributed by atoms with Crippen LogP contribution in [0, 0.1) is 16.0 Å². The van der Waals surface area contributed by atoms with Crippen LogP contribution in [0.15, 0.2) is 12.3 Å². The van der Waals surface area contributed by atoms with Gasteiger partial charge in [0.15, 0.2) is 0 Å². The zero-order chi connectivity index (χ0) is 15.6. The van der Waals surface area contributed by atoms with Crippen molar-refractivity contribution in [1.29, 1.82) is 0 Å². The maximum atomic E-state index is 12.2. The van der Waals surface area contributed by atoms with Crippen molar-refractivity contribution in [2.45, 2.75) is 32.4 Å². The van der Waals surface area contributed by atoms with Crippen molar-refractivity contribution < 1.29 is 19.6 Å². The fraction of sp³-hybridized carbons (Fsp3) is 0.583. The van der Waals surface area contributed by atoms with Gasteiger partial charge in [0.2, 0.25) is 5.91 Å². The molecule has 1 atom stereocenters. The first-order valence-corrected chi connectivity index (χ1v) is 6.58. The van der Waals surface area contributed by atoms with Gasteiger partial charge in [-0.25, -0.2) is 0 Å². The highest BCUT2D eigenvalue weighted by Crippen LogP contribution is 2.28. The highest BCUT2D eigenvalue weighted by Gasteiger charge is 2.34. The molecule has 0 aromatic carbocycles. The lowest BCUT2D eigenvalue weighted by atomic mass is 10.1. The summed E-state index contributed by atoms with van der Waals surface area (Å²) in [6, 6.07) is 1.29. The highest BCUT2D eigenvalue weighted by atomic mass is 16.6. The first-order valence-electron chi connectivity index (χ1n) is 6.58. The van der Waals surface area contributed by atoms with E-state index in [1.807, 2.05) is 0 Å². The van der Waals surface area contributed by atoms with E-state index in [2.05, 4.69) is 5.10 Å². The van der Waals surface area contributed by atoms with Crippen molar-refractivity contribution in [3.8, 4) is 0 Å². The second kappa shape index (κ2) is 5.90. The molecule has 1 aliphatic carbocycles. The Bertz CT molecular complexity index is 566. The summed E-state index contributed by atoms with van der Waals surface area (Å²) in [5.41, 5.74) is 0. The SMILES string of the molecule is CC(CN(C(=O)Cn1ccc([N+](=O)[O-])n1)C1CC1)C(=O)O. The van der Waals surface area contributed by atoms with Crippen LogP contribution < -0.4 is 0 Å². The number of aromatic nitrogens is 2. The average molecular weight is 296 g/mol.